The highest BCUT2D eigenvalue weighted by Crippen LogP contribution is 2.36. The Morgan fingerprint density at radius 1 is 1.09 bits per heavy atom. The molecule has 0 amide bonds. The molecule has 44 heavy (non-hydrogen) atoms. The first-order chi connectivity index (χ1) is 21.2. The zero-order valence-electron chi connectivity index (χ0n) is 24.6. The molecule has 0 saturated carbocycles. The summed E-state index contributed by atoms with van der Waals surface area (Å²) in [6, 6.07) is 17.9. The highest BCUT2D eigenvalue weighted by Gasteiger charge is 2.33. The molecule has 0 bridgehead atoms. The lowest BCUT2D eigenvalue weighted by Crippen LogP contribution is -2.39. The zero-order valence-corrected chi connectivity index (χ0v) is 28.3. The Morgan fingerprint density at radius 3 is 2.52 bits per heavy atom. The van der Waals surface area contributed by atoms with Crippen molar-refractivity contribution in [2.75, 3.05) is 20.3 Å². The van der Waals surface area contributed by atoms with E-state index in [0.717, 1.165) is 14.7 Å². The Morgan fingerprint density at radius 2 is 1.84 bits per heavy atom. The van der Waals surface area contributed by atoms with Gasteiger partial charge in [0.15, 0.2) is 16.3 Å². The van der Waals surface area contributed by atoms with Crippen molar-refractivity contribution in [2.45, 2.75) is 33.4 Å². The van der Waals surface area contributed by atoms with E-state index in [9.17, 15) is 9.59 Å². The van der Waals surface area contributed by atoms with Crippen LogP contribution in [0.15, 0.2) is 81.7 Å². The summed E-state index contributed by atoms with van der Waals surface area (Å²) in [6.45, 7) is 6.34. The molecule has 2 heterocycles. The van der Waals surface area contributed by atoms with E-state index < -0.39 is 12.0 Å². The van der Waals surface area contributed by atoms with Crippen molar-refractivity contribution < 1.29 is 23.7 Å². The van der Waals surface area contributed by atoms with Gasteiger partial charge in [0.05, 0.1) is 42.2 Å². The maximum absolute atomic E-state index is 14.2. The van der Waals surface area contributed by atoms with Gasteiger partial charge in [0.25, 0.3) is 5.56 Å². The van der Waals surface area contributed by atoms with Gasteiger partial charge in [0, 0.05) is 19.7 Å². The second-order valence-corrected chi connectivity index (χ2v) is 12.4. The van der Waals surface area contributed by atoms with Gasteiger partial charge < -0.3 is 18.9 Å². The SMILES string of the molecule is CCOC(=O)C1=C(C)N=c2s/c(=C\c3cc(I)cc(OC)c3OCc3ccccc3Cl)c(=O)n2[C@H]1c1ccc(OCC)cc1. The molecule has 3 aromatic carbocycles. The predicted octanol–water partition coefficient (Wildman–Crippen LogP) is 6.04. The van der Waals surface area contributed by atoms with Crippen LogP contribution in [0.4, 0.5) is 0 Å². The molecule has 1 aromatic heterocycles. The van der Waals surface area contributed by atoms with E-state index in [1.807, 2.05) is 61.5 Å². The lowest BCUT2D eigenvalue weighted by atomic mass is 9.96. The van der Waals surface area contributed by atoms with Crippen LogP contribution >= 0.6 is 45.5 Å². The molecule has 0 fully saturated rings. The molecule has 4 aromatic rings. The number of hydrogen-bond donors (Lipinski definition) is 0. The number of thiazole rings is 1. The molecule has 1 aliphatic rings. The van der Waals surface area contributed by atoms with Crippen LogP contribution in [0.1, 0.15) is 43.5 Å². The summed E-state index contributed by atoms with van der Waals surface area (Å²) in [4.78, 5) is 32.5. The molecule has 11 heteroatoms. The van der Waals surface area contributed by atoms with Crippen LogP contribution in [0, 0.1) is 3.57 Å². The van der Waals surface area contributed by atoms with E-state index in [4.69, 9.17) is 30.5 Å². The first kappa shape index (κ1) is 31.8. The third-order valence-corrected chi connectivity index (χ3v) is 8.88. The molecule has 228 valence electrons. The number of halogens is 2. The maximum atomic E-state index is 14.2. The van der Waals surface area contributed by atoms with Crippen molar-refractivity contribution >= 4 is 57.6 Å². The summed E-state index contributed by atoms with van der Waals surface area (Å²) in [7, 11) is 1.57. The molecule has 0 radical (unpaired) electrons. The zero-order chi connectivity index (χ0) is 31.4. The first-order valence-electron chi connectivity index (χ1n) is 13.9. The van der Waals surface area contributed by atoms with Gasteiger partial charge in [-0.1, -0.05) is 53.3 Å². The van der Waals surface area contributed by atoms with Gasteiger partial charge >= 0.3 is 5.97 Å². The Hall–Kier alpha value is -3.61. The summed E-state index contributed by atoms with van der Waals surface area (Å²) >= 11 is 9.81. The molecule has 0 N–H and O–H groups in total. The fourth-order valence-corrected chi connectivity index (χ4v) is 6.77. The van der Waals surface area contributed by atoms with Crippen molar-refractivity contribution in [2.24, 2.45) is 4.99 Å². The van der Waals surface area contributed by atoms with Crippen molar-refractivity contribution in [1.29, 1.82) is 0 Å². The van der Waals surface area contributed by atoms with Gasteiger partial charge in [-0.3, -0.25) is 9.36 Å². The third kappa shape index (κ3) is 6.57. The van der Waals surface area contributed by atoms with E-state index in [1.165, 1.54) is 11.3 Å². The predicted molar refractivity (Wildman–Crippen MR) is 180 cm³/mol. The van der Waals surface area contributed by atoms with E-state index in [0.29, 0.717) is 55.0 Å². The number of esters is 1. The molecule has 0 aliphatic carbocycles. The Labute approximate surface area is 277 Å². The van der Waals surface area contributed by atoms with Gasteiger partial charge in [-0.05, 0) is 85.3 Å². The number of benzene rings is 3. The number of carbonyl (C=O) groups excluding carboxylic acids is 1. The highest BCUT2D eigenvalue weighted by molar-refractivity contribution is 14.1. The second-order valence-electron chi connectivity index (χ2n) is 9.71. The Bertz CT molecular complexity index is 1920. The average Bonchev–Trinajstić information content (AvgIpc) is 3.30. The van der Waals surface area contributed by atoms with Crippen LogP contribution < -0.4 is 29.1 Å². The summed E-state index contributed by atoms with van der Waals surface area (Å²) in [5.74, 6) is 1.18. The normalized spacial score (nSPS) is 14.6. The molecule has 0 unspecified atom stereocenters. The fourth-order valence-electron chi connectivity index (χ4n) is 4.93. The number of fused-ring (bicyclic) bond motifs is 1. The molecule has 0 spiro atoms. The van der Waals surface area contributed by atoms with E-state index in [-0.39, 0.29) is 18.8 Å². The topological polar surface area (TPSA) is 88.4 Å². The van der Waals surface area contributed by atoms with Crippen molar-refractivity contribution in [1.82, 2.24) is 4.57 Å². The smallest absolute Gasteiger partial charge is 0.338 e. The van der Waals surface area contributed by atoms with Gasteiger partial charge in [0.1, 0.15) is 12.4 Å². The monoisotopic (exact) mass is 744 g/mol. The van der Waals surface area contributed by atoms with Crippen LogP contribution in [-0.4, -0.2) is 30.9 Å². The van der Waals surface area contributed by atoms with Crippen LogP contribution in [-0.2, 0) is 16.1 Å². The summed E-state index contributed by atoms with van der Waals surface area (Å²) in [6.07, 6.45) is 1.77. The summed E-state index contributed by atoms with van der Waals surface area (Å²) in [5, 5.41) is 0.592. The minimum atomic E-state index is -0.732. The van der Waals surface area contributed by atoms with E-state index in [2.05, 4.69) is 27.6 Å². The molecular formula is C33H30ClIN2O6S. The van der Waals surface area contributed by atoms with E-state index in [1.54, 1.807) is 37.7 Å². The lowest BCUT2D eigenvalue weighted by Gasteiger charge is -2.24. The van der Waals surface area contributed by atoms with Crippen LogP contribution in [0.3, 0.4) is 0 Å². The molecule has 8 nitrogen and oxygen atoms in total. The molecule has 0 saturated heterocycles. The number of hydrogen-bond acceptors (Lipinski definition) is 8. The first-order valence-corrected chi connectivity index (χ1v) is 16.2. The van der Waals surface area contributed by atoms with Crippen LogP contribution in [0.5, 0.6) is 17.2 Å². The second kappa shape index (κ2) is 14.0. The number of rotatable bonds is 10. The van der Waals surface area contributed by atoms with Crippen molar-refractivity contribution in [3.63, 3.8) is 0 Å². The number of carbonyl (C=O) groups is 1. The molecule has 5 rings (SSSR count). The summed E-state index contributed by atoms with van der Waals surface area (Å²) < 4.78 is 25.8. The maximum Gasteiger partial charge on any atom is 0.338 e. The lowest BCUT2D eigenvalue weighted by molar-refractivity contribution is -0.139. The number of methoxy groups -OCH3 is 1. The number of ether oxygens (including phenoxy) is 4. The standard InChI is InChI=1S/C33H30ClIN2O6S/c1-5-41-24-13-11-20(12-14-24)29-28(32(39)42-6-2)19(3)36-33-37(29)31(38)27(44-33)16-22-15-23(35)17-26(40-4)30(22)43-18-21-9-7-8-10-25(21)34/h7-17,29H,5-6,18H2,1-4H3/b27-16-/t29-/m0/s1. The fraction of sp³-hybridized carbons (Fsp3) is 0.242. The van der Waals surface area contributed by atoms with Crippen molar-refractivity contribution in [3.8, 4) is 17.2 Å². The van der Waals surface area contributed by atoms with E-state index >= 15 is 0 Å². The molecular weight excluding hydrogens is 715 g/mol. The average molecular weight is 745 g/mol. The Balaban J connectivity index is 1.66. The highest BCUT2D eigenvalue weighted by atomic mass is 127. The summed E-state index contributed by atoms with van der Waals surface area (Å²) in [5.41, 5.74) is 2.72. The minimum absolute atomic E-state index is 0.196. The van der Waals surface area contributed by atoms with Crippen LogP contribution in [0.25, 0.3) is 6.08 Å². The number of nitrogens with zero attached hydrogens (tertiary/aromatic N) is 2. The molecule has 1 aliphatic heterocycles. The van der Waals surface area contributed by atoms with Gasteiger partial charge in [-0.2, -0.15) is 0 Å². The van der Waals surface area contributed by atoms with Gasteiger partial charge in [0.2, 0.25) is 0 Å². The van der Waals surface area contributed by atoms with Crippen molar-refractivity contribution in [3.05, 3.63) is 117 Å². The largest absolute Gasteiger partial charge is 0.494 e. The number of aromatic nitrogens is 1. The van der Waals surface area contributed by atoms with Gasteiger partial charge in [-0.15, -0.1) is 0 Å². The quantitative estimate of drug-likeness (QED) is 0.145. The van der Waals surface area contributed by atoms with Gasteiger partial charge in [-0.25, -0.2) is 9.79 Å². The van der Waals surface area contributed by atoms with Crippen LogP contribution in [0.2, 0.25) is 5.02 Å². The minimum Gasteiger partial charge on any atom is -0.494 e. The number of allylic oxidation sites excluding steroid dienone is 1. The Kier molecular flexibility index (Phi) is 10.1. The molecule has 1 atom stereocenters. The third-order valence-electron chi connectivity index (χ3n) is 6.91.